The Morgan fingerprint density at radius 1 is 1.50 bits per heavy atom. The van der Waals surface area contributed by atoms with Crippen LogP contribution < -0.4 is 0 Å². The van der Waals surface area contributed by atoms with Crippen molar-refractivity contribution in [3.8, 4) is 0 Å². The minimum absolute atomic E-state index is 0.299. The lowest BCUT2D eigenvalue weighted by molar-refractivity contribution is -0.132. The molecule has 1 amide bonds. The fraction of sp³-hybridized carbons (Fsp3) is 0.889. The van der Waals surface area contributed by atoms with Gasteiger partial charge in [-0.3, -0.25) is 4.79 Å². The van der Waals surface area contributed by atoms with E-state index in [0.29, 0.717) is 12.3 Å². The molecule has 0 aliphatic carbocycles. The molecule has 0 aromatic heterocycles. The Kier molecular flexibility index (Phi) is 3.92. The van der Waals surface area contributed by atoms with Crippen LogP contribution in [0.4, 0.5) is 0 Å². The molecule has 12 heavy (non-hydrogen) atoms. The van der Waals surface area contributed by atoms with E-state index in [1.54, 1.807) is 0 Å². The number of nitrogens with zero attached hydrogens (tertiary/aromatic N) is 1. The molecule has 0 N–H and O–H groups in total. The first-order valence-electron chi connectivity index (χ1n) is 4.66. The van der Waals surface area contributed by atoms with Crippen molar-refractivity contribution in [1.29, 1.82) is 0 Å². The SMILES string of the molecule is CCC(=O)N1CCC(CS)CC1. The molecule has 1 fully saturated rings. The second-order valence-electron chi connectivity index (χ2n) is 3.36. The molecule has 0 aromatic rings. The third-order valence-corrected chi connectivity index (χ3v) is 3.04. The molecule has 70 valence electrons. The molecule has 0 radical (unpaired) electrons. The van der Waals surface area contributed by atoms with Crippen molar-refractivity contribution < 1.29 is 4.79 Å². The van der Waals surface area contributed by atoms with E-state index in [-0.39, 0.29) is 0 Å². The first kappa shape index (κ1) is 9.90. The molecule has 0 aromatic carbocycles. The van der Waals surface area contributed by atoms with Gasteiger partial charge in [-0.15, -0.1) is 0 Å². The number of likely N-dealkylation sites (tertiary alicyclic amines) is 1. The van der Waals surface area contributed by atoms with Gasteiger partial charge in [-0.1, -0.05) is 6.92 Å². The van der Waals surface area contributed by atoms with Crippen LogP contribution in [0.2, 0.25) is 0 Å². The molecule has 0 unspecified atom stereocenters. The van der Waals surface area contributed by atoms with Crippen molar-refractivity contribution in [2.45, 2.75) is 26.2 Å². The summed E-state index contributed by atoms with van der Waals surface area (Å²) in [5.41, 5.74) is 0. The van der Waals surface area contributed by atoms with Gasteiger partial charge in [0.2, 0.25) is 5.91 Å². The Morgan fingerprint density at radius 3 is 2.50 bits per heavy atom. The number of hydrogen-bond donors (Lipinski definition) is 1. The summed E-state index contributed by atoms with van der Waals surface area (Å²) in [6.45, 7) is 3.81. The Morgan fingerprint density at radius 2 is 2.08 bits per heavy atom. The third kappa shape index (κ3) is 2.41. The Labute approximate surface area is 79.7 Å². The van der Waals surface area contributed by atoms with E-state index in [0.717, 1.165) is 37.6 Å². The Bertz CT molecular complexity index is 153. The smallest absolute Gasteiger partial charge is 0.222 e. The van der Waals surface area contributed by atoms with Crippen LogP contribution in [-0.4, -0.2) is 29.6 Å². The predicted octanol–water partition coefficient (Wildman–Crippen LogP) is 1.56. The summed E-state index contributed by atoms with van der Waals surface area (Å²) >= 11 is 4.26. The van der Waals surface area contributed by atoms with Crippen LogP contribution in [0, 0.1) is 5.92 Å². The van der Waals surface area contributed by atoms with Gasteiger partial charge >= 0.3 is 0 Å². The molecule has 0 bridgehead atoms. The number of thiol groups is 1. The molecule has 0 spiro atoms. The molecule has 0 atom stereocenters. The van der Waals surface area contributed by atoms with Gasteiger partial charge < -0.3 is 4.90 Å². The van der Waals surface area contributed by atoms with Crippen molar-refractivity contribution >= 4 is 18.5 Å². The van der Waals surface area contributed by atoms with Crippen molar-refractivity contribution in [3.63, 3.8) is 0 Å². The molecule has 1 saturated heterocycles. The zero-order valence-electron chi connectivity index (χ0n) is 7.62. The van der Waals surface area contributed by atoms with E-state index in [1.807, 2.05) is 11.8 Å². The molecule has 0 saturated carbocycles. The highest BCUT2D eigenvalue weighted by Crippen LogP contribution is 2.18. The summed E-state index contributed by atoms with van der Waals surface area (Å²) in [7, 11) is 0. The van der Waals surface area contributed by atoms with Gasteiger partial charge in [-0.05, 0) is 24.5 Å². The van der Waals surface area contributed by atoms with Gasteiger partial charge in [0.25, 0.3) is 0 Å². The van der Waals surface area contributed by atoms with E-state index in [4.69, 9.17) is 0 Å². The lowest BCUT2D eigenvalue weighted by Crippen LogP contribution is -2.38. The minimum Gasteiger partial charge on any atom is -0.343 e. The van der Waals surface area contributed by atoms with Crippen LogP contribution in [0.3, 0.4) is 0 Å². The van der Waals surface area contributed by atoms with Gasteiger partial charge in [0.05, 0.1) is 0 Å². The van der Waals surface area contributed by atoms with Crippen LogP contribution in [0.5, 0.6) is 0 Å². The van der Waals surface area contributed by atoms with Crippen LogP contribution >= 0.6 is 12.6 Å². The van der Waals surface area contributed by atoms with Gasteiger partial charge in [0.1, 0.15) is 0 Å². The highest BCUT2D eigenvalue weighted by Gasteiger charge is 2.20. The molecule has 2 nitrogen and oxygen atoms in total. The summed E-state index contributed by atoms with van der Waals surface area (Å²) in [5.74, 6) is 2.00. The van der Waals surface area contributed by atoms with E-state index in [1.165, 1.54) is 0 Å². The molecule has 1 aliphatic rings. The van der Waals surface area contributed by atoms with E-state index in [9.17, 15) is 4.79 Å². The van der Waals surface area contributed by atoms with Crippen LogP contribution in [-0.2, 0) is 4.79 Å². The number of piperidine rings is 1. The zero-order valence-corrected chi connectivity index (χ0v) is 8.52. The van der Waals surface area contributed by atoms with Crippen LogP contribution in [0.25, 0.3) is 0 Å². The minimum atomic E-state index is 0.299. The first-order valence-corrected chi connectivity index (χ1v) is 5.29. The average molecular weight is 187 g/mol. The van der Waals surface area contributed by atoms with Gasteiger partial charge in [0.15, 0.2) is 0 Å². The van der Waals surface area contributed by atoms with Gasteiger partial charge in [-0.25, -0.2) is 0 Å². The van der Waals surface area contributed by atoms with Crippen molar-refractivity contribution in [2.24, 2.45) is 5.92 Å². The highest BCUT2D eigenvalue weighted by atomic mass is 32.1. The van der Waals surface area contributed by atoms with Crippen LogP contribution in [0.15, 0.2) is 0 Å². The monoisotopic (exact) mass is 187 g/mol. The van der Waals surface area contributed by atoms with Crippen molar-refractivity contribution in [2.75, 3.05) is 18.8 Å². The normalized spacial score (nSPS) is 19.7. The molecular formula is C9H17NOS. The number of amides is 1. The van der Waals surface area contributed by atoms with Gasteiger partial charge in [0, 0.05) is 19.5 Å². The van der Waals surface area contributed by atoms with Crippen molar-refractivity contribution in [1.82, 2.24) is 4.90 Å². The maximum absolute atomic E-state index is 11.3. The second kappa shape index (κ2) is 4.75. The quantitative estimate of drug-likeness (QED) is 0.651. The average Bonchev–Trinajstić information content (AvgIpc) is 2.17. The molecule has 1 heterocycles. The predicted molar refractivity (Wildman–Crippen MR) is 53.4 cm³/mol. The maximum Gasteiger partial charge on any atom is 0.222 e. The zero-order chi connectivity index (χ0) is 8.97. The topological polar surface area (TPSA) is 20.3 Å². The van der Waals surface area contributed by atoms with E-state index in [2.05, 4.69) is 12.6 Å². The molecule has 3 heteroatoms. The first-order chi connectivity index (χ1) is 5.77. The lowest BCUT2D eigenvalue weighted by atomic mass is 9.99. The summed E-state index contributed by atoms with van der Waals surface area (Å²) < 4.78 is 0. The second-order valence-corrected chi connectivity index (χ2v) is 3.73. The number of rotatable bonds is 2. The fourth-order valence-electron chi connectivity index (χ4n) is 1.59. The molecular weight excluding hydrogens is 170 g/mol. The molecule has 1 aliphatic heterocycles. The van der Waals surface area contributed by atoms with Gasteiger partial charge in [-0.2, -0.15) is 12.6 Å². The summed E-state index contributed by atoms with van der Waals surface area (Å²) in [4.78, 5) is 13.2. The molecule has 1 rings (SSSR count). The maximum atomic E-state index is 11.3. The van der Waals surface area contributed by atoms with E-state index < -0.39 is 0 Å². The largest absolute Gasteiger partial charge is 0.343 e. The number of carbonyl (C=O) groups is 1. The fourth-order valence-corrected chi connectivity index (χ4v) is 1.95. The lowest BCUT2D eigenvalue weighted by Gasteiger charge is -2.31. The standard InChI is InChI=1S/C9H17NOS/c1-2-9(11)10-5-3-8(7-12)4-6-10/h8,12H,2-7H2,1H3. The Hall–Kier alpha value is -0.180. The Balaban J connectivity index is 2.30. The number of hydrogen-bond acceptors (Lipinski definition) is 2. The van der Waals surface area contributed by atoms with Crippen molar-refractivity contribution in [3.05, 3.63) is 0 Å². The summed E-state index contributed by atoms with van der Waals surface area (Å²) in [5, 5.41) is 0. The highest BCUT2D eigenvalue weighted by molar-refractivity contribution is 7.80. The third-order valence-electron chi connectivity index (χ3n) is 2.53. The summed E-state index contributed by atoms with van der Waals surface area (Å²) in [6, 6.07) is 0. The van der Waals surface area contributed by atoms with E-state index >= 15 is 0 Å². The summed E-state index contributed by atoms with van der Waals surface area (Å²) in [6.07, 6.45) is 2.91. The number of carbonyl (C=O) groups excluding carboxylic acids is 1. The van der Waals surface area contributed by atoms with Crippen LogP contribution in [0.1, 0.15) is 26.2 Å².